The molecule has 2 saturated heterocycles. The number of piperazine rings is 1. The summed E-state index contributed by atoms with van der Waals surface area (Å²) in [4.78, 5) is 24.2. The highest BCUT2D eigenvalue weighted by molar-refractivity contribution is 5.82. The molecule has 2 unspecified atom stereocenters. The van der Waals surface area contributed by atoms with E-state index in [1.807, 2.05) is 42.2 Å². The van der Waals surface area contributed by atoms with E-state index in [0.717, 1.165) is 70.4 Å². The van der Waals surface area contributed by atoms with Crippen LogP contribution in [0.2, 0.25) is 0 Å². The number of nitrogens with one attached hydrogen (secondary N) is 1. The smallest absolute Gasteiger partial charge is 0.239 e. The van der Waals surface area contributed by atoms with Crippen molar-refractivity contribution in [3.05, 3.63) is 30.3 Å². The zero-order valence-electron chi connectivity index (χ0n) is 18.7. The standard InChI is InChI=1S/C23H37N5O2/c1-4-24-23(25-18-19(2)30-21-10-6-5-7-11-21)28-16-14-26(15-17-28)20(3)22(29)27-12-8-9-13-27/h5-7,10-11,19-20H,4,8-9,12-18H2,1-3H3,(H,24,25). The highest BCUT2D eigenvalue weighted by atomic mass is 16.5. The molecule has 2 heterocycles. The van der Waals surface area contributed by atoms with Crippen LogP contribution in [0.1, 0.15) is 33.6 Å². The number of rotatable bonds is 7. The monoisotopic (exact) mass is 415 g/mol. The van der Waals surface area contributed by atoms with Crippen LogP contribution in [0.3, 0.4) is 0 Å². The Kier molecular flexibility index (Phi) is 8.37. The minimum absolute atomic E-state index is 0.000417. The van der Waals surface area contributed by atoms with Gasteiger partial charge in [0.2, 0.25) is 5.91 Å². The summed E-state index contributed by atoms with van der Waals surface area (Å²) in [6.45, 7) is 13.0. The zero-order chi connectivity index (χ0) is 21.3. The molecule has 2 aliphatic rings. The molecule has 0 aromatic heterocycles. The molecule has 0 bridgehead atoms. The molecule has 7 heteroatoms. The van der Waals surface area contributed by atoms with Crippen molar-refractivity contribution in [2.75, 3.05) is 52.4 Å². The molecule has 1 aromatic rings. The van der Waals surface area contributed by atoms with Crippen LogP contribution in [-0.4, -0.2) is 91.1 Å². The maximum absolute atomic E-state index is 12.7. The fourth-order valence-electron chi connectivity index (χ4n) is 4.09. The van der Waals surface area contributed by atoms with Gasteiger partial charge in [-0.25, -0.2) is 4.99 Å². The summed E-state index contributed by atoms with van der Waals surface area (Å²) in [6, 6.07) is 9.83. The second-order valence-corrected chi connectivity index (χ2v) is 8.17. The normalized spacial score (nSPS) is 20.2. The van der Waals surface area contributed by atoms with Crippen LogP contribution in [-0.2, 0) is 4.79 Å². The second-order valence-electron chi connectivity index (χ2n) is 8.17. The lowest BCUT2D eigenvalue weighted by Gasteiger charge is -2.39. The van der Waals surface area contributed by atoms with Gasteiger partial charge in [-0.15, -0.1) is 0 Å². The predicted octanol–water partition coefficient (Wildman–Crippen LogP) is 2.05. The van der Waals surface area contributed by atoms with Crippen molar-refractivity contribution >= 4 is 11.9 Å². The minimum atomic E-state index is -0.0379. The quantitative estimate of drug-likeness (QED) is 0.546. The molecule has 30 heavy (non-hydrogen) atoms. The number of carbonyl (C=O) groups is 1. The molecule has 2 fully saturated rings. The lowest BCUT2D eigenvalue weighted by atomic mass is 10.2. The van der Waals surface area contributed by atoms with E-state index in [4.69, 9.17) is 9.73 Å². The molecule has 0 spiro atoms. The summed E-state index contributed by atoms with van der Waals surface area (Å²) in [6.07, 6.45) is 2.28. The van der Waals surface area contributed by atoms with Crippen molar-refractivity contribution in [1.82, 2.24) is 20.0 Å². The number of ether oxygens (including phenoxy) is 1. The number of guanidine groups is 1. The maximum atomic E-state index is 12.7. The van der Waals surface area contributed by atoms with Gasteiger partial charge in [0, 0.05) is 45.8 Å². The van der Waals surface area contributed by atoms with Crippen molar-refractivity contribution in [3.63, 3.8) is 0 Å². The number of carbonyl (C=O) groups excluding carboxylic acids is 1. The molecule has 2 atom stereocenters. The van der Waals surface area contributed by atoms with Gasteiger partial charge in [0.25, 0.3) is 0 Å². The Balaban J connectivity index is 1.50. The molecule has 0 radical (unpaired) electrons. The third kappa shape index (κ3) is 6.11. The Hall–Kier alpha value is -2.28. The number of aliphatic imine (C=N–C) groups is 1. The Morgan fingerprint density at radius 2 is 1.70 bits per heavy atom. The SMILES string of the molecule is CCNC(=NCC(C)Oc1ccccc1)N1CCN(C(C)C(=O)N2CCCC2)CC1. The number of benzene rings is 1. The van der Waals surface area contributed by atoms with Gasteiger partial charge in [-0.05, 0) is 45.7 Å². The summed E-state index contributed by atoms with van der Waals surface area (Å²) in [5.41, 5.74) is 0. The van der Waals surface area contributed by atoms with Crippen molar-refractivity contribution in [2.45, 2.75) is 45.8 Å². The average Bonchev–Trinajstić information content (AvgIpc) is 3.31. The lowest BCUT2D eigenvalue weighted by Crippen LogP contribution is -2.57. The maximum Gasteiger partial charge on any atom is 0.239 e. The first-order valence-corrected chi connectivity index (χ1v) is 11.4. The van der Waals surface area contributed by atoms with Gasteiger partial charge in [0.15, 0.2) is 5.96 Å². The third-order valence-electron chi connectivity index (χ3n) is 5.85. The summed E-state index contributed by atoms with van der Waals surface area (Å²) in [7, 11) is 0. The van der Waals surface area contributed by atoms with Crippen molar-refractivity contribution in [2.24, 2.45) is 4.99 Å². The van der Waals surface area contributed by atoms with Gasteiger partial charge in [-0.1, -0.05) is 18.2 Å². The van der Waals surface area contributed by atoms with Gasteiger partial charge in [-0.2, -0.15) is 0 Å². The fraction of sp³-hybridized carbons (Fsp3) is 0.652. The van der Waals surface area contributed by atoms with E-state index in [0.29, 0.717) is 6.54 Å². The van der Waals surface area contributed by atoms with Crippen LogP contribution in [0.5, 0.6) is 5.75 Å². The highest BCUT2D eigenvalue weighted by Crippen LogP contribution is 2.14. The Morgan fingerprint density at radius 1 is 1.03 bits per heavy atom. The van der Waals surface area contributed by atoms with Gasteiger partial charge in [-0.3, -0.25) is 9.69 Å². The third-order valence-corrected chi connectivity index (χ3v) is 5.85. The van der Waals surface area contributed by atoms with E-state index in [-0.39, 0.29) is 18.1 Å². The number of likely N-dealkylation sites (tertiary alicyclic amines) is 1. The molecule has 0 saturated carbocycles. The molecule has 166 valence electrons. The van der Waals surface area contributed by atoms with Crippen molar-refractivity contribution in [3.8, 4) is 5.75 Å². The molecule has 2 aliphatic heterocycles. The number of nitrogens with zero attached hydrogens (tertiary/aromatic N) is 4. The van der Waals surface area contributed by atoms with E-state index < -0.39 is 0 Å². The van der Waals surface area contributed by atoms with E-state index in [1.165, 1.54) is 0 Å². The lowest BCUT2D eigenvalue weighted by molar-refractivity contribution is -0.135. The first-order valence-electron chi connectivity index (χ1n) is 11.4. The van der Waals surface area contributed by atoms with Crippen molar-refractivity contribution < 1.29 is 9.53 Å². The van der Waals surface area contributed by atoms with Gasteiger partial charge in [0.1, 0.15) is 11.9 Å². The molecular weight excluding hydrogens is 378 g/mol. The van der Waals surface area contributed by atoms with Crippen LogP contribution in [0.15, 0.2) is 35.3 Å². The summed E-state index contributed by atoms with van der Waals surface area (Å²) >= 11 is 0. The molecule has 1 amide bonds. The summed E-state index contributed by atoms with van der Waals surface area (Å²) in [5.74, 6) is 2.09. The summed E-state index contributed by atoms with van der Waals surface area (Å²) < 4.78 is 5.95. The number of amides is 1. The van der Waals surface area contributed by atoms with Gasteiger partial charge >= 0.3 is 0 Å². The van der Waals surface area contributed by atoms with Crippen LogP contribution >= 0.6 is 0 Å². The molecule has 1 aromatic carbocycles. The van der Waals surface area contributed by atoms with Gasteiger partial charge in [0.05, 0.1) is 12.6 Å². The molecular formula is C23H37N5O2. The first-order chi connectivity index (χ1) is 14.6. The Labute approximate surface area is 181 Å². The Morgan fingerprint density at radius 3 is 2.33 bits per heavy atom. The number of hydrogen-bond acceptors (Lipinski definition) is 4. The topological polar surface area (TPSA) is 60.4 Å². The molecule has 7 nitrogen and oxygen atoms in total. The van der Waals surface area contributed by atoms with Gasteiger partial charge < -0.3 is 19.9 Å². The second kappa shape index (κ2) is 11.2. The van der Waals surface area contributed by atoms with Crippen LogP contribution < -0.4 is 10.1 Å². The van der Waals surface area contributed by atoms with E-state index in [9.17, 15) is 4.79 Å². The van der Waals surface area contributed by atoms with Crippen LogP contribution in [0.25, 0.3) is 0 Å². The molecule has 1 N–H and O–H groups in total. The molecule has 3 rings (SSSR count). The minimum Gasteiger partial charge on any atom is -0.489 e. The highest BCUT2D eigenvalue weighted by Gasteiger charge is 2.30. The van der Waals surface area contributed by atoms with E-state index >= 15 is 0 Å². The fourth-order valence-corrected chi connectivity index (χ4v) is 4.09. The zero-order valence-corrected chi connectivity index (χ0v) is 18.7. The summed E-state index contributed by atoms with van der Waals surface area (Å²) in [5, 5.41) is 3.41. The average molecular weight is 416 g/mol. The predicted molar refractivity (Wildman–Crippen MR) is 121 cm³/mol. The van der Waals surface area contributed by atoms with E-state index in [1.54, 1.807) is 0 Å². The number of para-hydroxylation sites is 1. The molecule has 0 aliphatic carbocycles. The number of hydrogen-bond donors (Lipinski definition) is 1. The Bertz CT molecular complexity index is 682. The van der Waals surface area contributed by atoms with Crippen LogP contribution in [0, 0.1) is 0 Å². The van der Waals surface area contributed by atoms with Crippen molar-refractivity contribution in [1.29, 1.82) is 0 Å². The first kappa shape index (κ1) is 22.4. The van der Waals surface area contributed by atoms with Crippen LogP contribution in [0.4, 0.5) is 0 Å². The largest absolute Gasteiger partial charge is 0.489 e. The van der Waals surface area contributed by atoms with E-state index in [2.05, 4.69) is 29.0 Å².